The lowest BCUT2D eigenvalue weighted by Crippen LogP contribution is -2.30. The summed E-state index contributed by atoms with van der Waals surface area (Å²) in [6, 6.07) is 16.4. The van der Waals surface area contributed by atoms with Crippen molar-refractivity contribution < 1.29 is 36.2 Å². The first-order chi connectivity index (χ1) is 18.5. The molecule has 0 saturated carbocycles. The number of amides is 1. The van der Waals surface area contributed by atoms with Crippen molar-refractivity contribution in [1.29, 1.82) is 0 Å². The molecule has 1 aromatic heterocycles. The number of carbonyl (C=O) groups is 1. The number of ether oxygens (including phenoxy) is 1. The lowest BCUT2D eigenvalue weighted by Gasteiger charge is -2.17. The van der Waals surface area contributed by atoms with E-state index >= 15 is 0 Å². The summed E-state index contributed by atoms with van der Waals surface area (Å²) in [5.41, 5.74) is 0.647. The summed E-state index contributed by atoms with van der Waals surface area (Å²) in [6.07, 6.45) is -2.92. The number of sulfone groups is 1. The van der Waals surface area contributed by atoms with Gasteiger partial charge in [0.25, 0.3) is 5.91 Å². The Hall–Kier alpha value is -3.96. The summed E-state index contributed by atoms with van der Waals surface area (Å²) in [6.45, 7) is 1.15. The highest BCUT2D eigenvalue weighted by Crippen LogP contribution is 2.30. The van der Waals surface area contributed by atoms with Gasteiger partial charge in [0, 0.05) is 17.1 Å². The minimum absolute atomic E-state index is 0.00299. The molecule has 39 heavy (non-hydrogen) atoms. The van der Waals surface area contributed by atoms with Crippen molar-refractivity contribution in [1.82, 2.24) is 10.3 Å². The molecule has 11 heteroatoms. The molecule has 0 spiro atoms. The van der Waals surface area contributed by atoms with Gasteiger partial charge in [0.2, 0.25) is 5.88 Å². The number of nitrogens with zero attached hydrogens (tertiary/aromatic N) is 1. The maximum Gasteiger partial charge on any atom is 0.416 e. The number of halogens is 3. The standard InChI is InChI=1S/C28H25F3N2O5S/c1-2-39(36,37)23-10-5-19(6-11-23)25(16-34)33-26(35)21-7-12-24-20(15-21)13-14-32-27(24)38-17-18-3-8-22(9-4-18)28(29,30)31/h3-15,25,34H,2,16-17H2,1H3,(H,33,35). The van der Waals surface area contributed by atoms with Gasteiger partial charge in [0.1, 0.15) is 6.61 Å². The summed E-state index contributed by atoms with van der Waals surface area (Å²) < 4.78 is 68.1. The van der Waals surface area contributed by atoms with E-state index in [2.05, 4.69) is 10.3 Å². The summed E-state index contributed by atoms with van der Waals surface area (Å²) >= 11 is 0. The molecule has 1 heterocycles. The monoisotopic (exact) mass is 558 g/mol. The van der Waals surface area contributed by atoms with E-state index in [9.17, 15) is 31.5 Å². The number of pyridine rings is 1. The second kappa shape index (κ2) is 11.4. The second-order valence-corrected chi connectivity index (χ2v) is 11.0. The smallest absolute Gasteiger partial charge is 0.416 e. The van der Waals surface area contributed by atoms with Gasteiger partial charge in [-0.3, -0.25) is 4.79 Å². The summed E-state index contributed by atoms with van der Waals surface area (Å²) in [7, 11) is -3.37. The van der Waals surface area contributed by atoms with Gasteiger partial charge in [-0.25, -0.2) is 13.4 Å². The highest BCUT2D eigenvalue weighted by Gasteiger charge is 2.30. The number of hydrogen-bond acceptors (Lipinski definition) is 6. The van der Waals surface area contributed by atoms with Crippen LogP contribution in [0.2, 0.25) is 0 Å². The summed E-state index contributed by atoms with van der Waals surface area (Å²) in [5.74, 6) is -0.230. The molecule has 0 fully saturated rings. The van der Waals surface area contributed by atoms with Crippen LogP contribution in [0.15, 0.2) is 83.9 Å². The van der Waals surface area contributed by atoms with Gasteiger partial charge in [0.15, 0.2) is 9.84 Å². The average molecular weight is 559 g/mol. The Labute approximate surface area is 223 Å². The van der Waals surface area contributed by atoms with Crippen LogP contribution in [0.25, 0.3) is 10.8 Å². The van der Waals surface area contributed by atoms with Crippen LogP contribution in [0.4, 0.5) is 13.2 Å². The quantitative estimate of drug-likeness (QED) is 0.297. The van der Waals surface area contributed by atoms with Crippen molar-refractivity contribution in [2.24, 2.45) is 0 Å². The fourth-order valence-electron chi connectivity index (χ4n) is 3.90. The zero-order valence-electron chi connectivity index (χ0n) is 20.8. The Balaban J connectivity index is 1.47. The van der Waals surface area contributed by atoms with Gasteiger partial charge in [-0.1, -0.05) is 31.2 Å². The maximum absolute atomic E-state index is 13.0. The molecular formula is C28H25F3N2O5S. The molecule has 1 atom stereocenters. The van der Waals surface area contributed by atoms with E-state index in [1.807, 2.05) is 0 Å². The minimum Gasteiger partial charge on any atom is -0.472 e. The third kappa shape index (κ3) is 6.55. The van der Waals surface area contributed by atoms with Crippen molar-refractivity contribution in [3.8, 4) is 5.88 Å². The number of carbonyl (C=O) groups excluding carboxylic acids is 1. The van der Waals surface area contributed by atoms with Crippen LogP contribution in [-0.4, -0.2) is 36.8 Å². The van der Waals surface area contributed by atoms with E-state index in [1.54, 1.807) is 43.3 Å². The number of fused-ring (bicyclic) bond motifs is 1. The maximum atomic E-state index is 13.0. The summed E-state index contributed by atoms with van der Waals surface area (Å²) in [5, 5.41) is 13.9. The molecule has 4 aromatic rings. The molecule has 0 bridgehead atoms. The van der Waals surface area contributed by atoms with Gasteiger partial charge >= 0.3 is 6.18 Å². The Morgan fingerprint density at radius 2 is 1.72 bits per heavy atom. The first-order valence-electron chi connectivity index (χ1n) is 11.9. The number of aromatic nitrogens is 1. The molecular weight excluding hydrogens is 533 g/mol. The summed E-state index contributed by atoms with van der Waals surface area (Å²) in [4.78, 5) is 17.3. The Bertz CT molecular complexity index is 1570. The first kappa shape index (κ1) is 28.1. The van der Waals surface area contributed by atoms with E-state index in [0.29, 0.717) is 27.5 Å². The fourth-order valence-corrected chi connectivity index (χ4v) is 4.78. The topological polar surface area (TPSA) is 106 Å². The molecule has 204 valence electrons. The molecule has 0 radical (unpaired) electrons. The minimum atomic E-state index is -4.42. The van der Waals surface area contributed by atoms with E-state index < -0.39 is 40.1 Å². The number of alkyl halides is 3. The lowest BCUT2D eigenvalue weighted by atomic mass is 10.1. The molecule has 7 nitrogen and oxygen atoms in total. The van der Waals surface area contributed by atoms with Gasteiger partial charge < -0.3 is 15.2 Å². The number of aliphatic hydroxyl groups is 1. The van der Waals surface area contributed by atoms with E-state index in [-0.39, 0.29) is 23.1 Å². The highest BCUT2D eigenvalue weighted by molar-refractivity contribution is 7.91. The zero-order chi connectivity index (χ0) is 28.2. The second-order valence-electron chi connectivity index (χ2n) is 8.72. The molecule has 4 rings (SSSR count). The van der Waals surface area contributed by atoms with Gasteiger partial charge in [-0.15, -0.1) is 0 Å². The van der Waals surface area contributed by atoms with Crippen LogP contribution in [0.5, 0.6) is 5.88 Å². The number of rotatable bonds is 9. The molecule has 1 amide bonds. The van der Waals surface area contributed by atoms with Gasteiger partial charge in [-0.2, -0.15) is 13.2 Å². The van der Waals surface area contributed by atoms with Crippen LogP contribution in [0, 0.1) is 0 Å². The van der Waals surface area contributed by atoms with Crippen molar-refractivity contribution in [3.63, 3.8) is 0 Å². The molecule has 0 saturated heterocycles. The van der Waals surface area contributed by atoms with Gasteiger partial charge in [-0.05, 0) is 65.0 Å². The fraction of sp³-hybridized carbons (Fsp3) is 0.214. The van der Waals surface area contributed by atoms with E-state index in [4.69, 9.17) is 4.74 Å². The number of aliphatic hydroxyl groups excluding tert-OH is 1. The molecule has 0 aliphatic heterocycles. The number of hydrogen-bond donors (Lipinski definition) is 2. The third-order valence-electron chi connectivity index (χ3n) is 6.16. The van der Waals surface area contributed by atoms with Crippen LogP contribution in [0.1, 0.15) is 40.0 Å². The van der Waals surface area contributed by atoms with Crippen LogP contribution >= 0.6 is 0 Å². The van der Waals surface area contributed by atoms with E-state index in [0.717, 1.165) is 12.1 Å². The zero-order valence-corrected chi connectivity index (χ0v) is 21.6. The Morgan fingerprint density at radius 1 is 1.03 bits per heavy atom. The first-order valence-corrected chi connectivity index (χ1v) is 13.6. The molecule has 0 aliphatic rings. The largest absolute Gasteiger partial charge is 0.472 e. The normalized spacial score (nSPS) is 12.7. The van der Waals surface area contributed by atoms with Crippen molar-refractivity contribution >= 4 is 26.5 Å². The van der Waals surface area contributed by atoms with Crippen LogP contribution in [0.3, 0.4) is 0 Å². The van der Waals surface area contributed by atoms with Crippen molar-refractivity contribution in [2.75, 3.05) is 12.4 Å². The third-order valence-corrected chi connectivity index (χ3v) is 7.91. The average Bonchev–Trinajstić information content (AvgIpc) is 2.94. The van der Waals surface area contributed by atoms with Crippen molar-refractivity contribution in [3.05, 3.63) is 101 Å². The predicted molar refractivity (Wildman–Crippen MR) is 139 cm³/mol. The number of benzene rings is 3. The highest BCUT2D eigenvalue weighted by atomic mass is 32.2. The molecule has 0 aliphatic carbocycles. The Morgan fingerprint density at radius 3 is 2.33 bits per heavy atom. The predicted octanol–water partition coefficient (Wildman–Crippen LogP) is 5.09. The lowest BCUT2D eigenvalue weighted by molar-refractivity contribution is -0.137. The van der Waals surface area contributed by atoms with Crippen molar-refractivity contribution in [2.45, 2.75) is 30.6 Å². The van der Waals surface area contributed by atoms with Crippen LogP contribution in [-0.2, 0) is 22.6 Å². The molecule has 1 unspecified atom stereocenters. The van der Waals surface area contributed by atoms with Crippen LogP contribution < -0.4 is 10.1 Å². The molecule has 2 N–H and O–H groups in total. The Kier molecular flexibility index (Phi) is 8.22. The molecule has 3 aromatic carbocycles. The van der Waals surface area contributed by atoms with E-state index in [1.165, 1.54) is 30.5 Å². The van der Waals surface area contributed by atoms with Gasteiger partial charge in [0.05, 0.1) is 28.9 Å². The number of nitrogens with one attached hydrogen (secondary N) is 1. The SMILES string of the molecule is CCS(=O)(=O)c1ccc(C(CO)NC(=O)c2ccc3c(OCc4ccc(C(F)(F)F)cc4)nccc3c2)cc1.